The average Bonchev–Trinajstić information content (AvgIpc) is 2.85. The molecule has 2 heteroatoms. The second-order valence-electron chi connectivity index (χ2n) is 11.7. The molecule has 0 aliphatic heterocycles. The van der Waals surface area contributed by atoms with E-state index in [0.29, 0.717) is 0 Å². The zero-order valence-electron chi connectivity index (χ0n) is 24.6. The fourth-order valence-corrected chi connectivity index (χ4v) is 11.7. The van der Waals surface area contributed by atoms with E-state index in [9.17, 15) is 0 Å². The van der Waals surface area contributed by atoms with Crippen molar-refractivity contribution in [2.24, 2.45) is 0 Å². The van der Waals surface area contributed by atoms with Crippen molar-refractivity contribution in [3.05, 3.63) is 0 Å². The molecule has 0 aromatic heterocycles. The van der Waals surface area contributed by atoms with Gasteiger partial charge in [-0.05, 0) is 0 Å². The Labute approximate surface area is 231 Å². The van der Waals surface area contributed by atoms with Gasteiger partial charge in [0.2, 0.25) is 0 Å². The Kier molecular flexibility index (Phi) is 25.3. The van der Waals surface area contributed by atoms with Crippen molar-refractivity contribution in [3.63, 3.8) is 0 Å². The van der Waals surface area contributed by atoms with Crippen LogP contribution in [0.1, 0.15) is 182 Å². The molecule has 0 aliphatic carbocycles. The molecular formula is C32H68IP. The summed E-state index contributed by atoms with van der Waals surface area (Å²) in [6.45, 7) is 9.67. The van der Waals surface area contributed by atoms with Gasteiger partial charge in [0.1, 0.15) is 0 Å². The Hall–Kier alpha value is 1.16. The van der Waals surface area contributed by atoms with Gasteiger partial charge in [-0.1, -0.05) is 26.7 Å². The van der Waals surface area contributed by atoms with Crippen LogP contribution in [0.4, 0.5) is 0 Å². The number of hydrogen-bond donors (Lipinski definition) is 0. The predicted octanol–water partition coefficient (Wildman–Crippen LogP) is 13.3. The number of unbranched alkanes of at least 4 members (excludes halogenated alkanes) is 22. The molecule has 0 aliphatic rings. The minimum Gasteiger partial charge on any atom is -0.0654 e. The molecule has 0 radical (unpaired) electrons. The van der Waals surface area contributed by atoms with E-state index in [2.05, 4.69) is 49.7 Å². The summed E-state index contributed by atoms with van der Waals surface area (Å²) in [7, 11) is 0. The molecule has 208 valence electrons. The van der Waals surface area contributed by atoms with Crippen LogP contribution in [0.3, 0.4) is 0 Å². The third-order valence-electron chi connectivity index (χ3n) is 8.72. The SMILES string of the molecule is CCCCCCCCCCCCCCP(I)(CC)(CC)CCCCCCCCCCCCCC. The summed E-state index contributed by atoms with van der Waals surface area (Å²) in [5.41, 5.74) is 0. The fraction of sp³-hybridized carbons (Fsp3) is 1.00. The molecule has 0 unspecified atom stereocenters. The van der Waals surface area contributed by atoms with E-state index in [1.807, 2.05) is 0 Å². The standard InChI is InChI=1S/C32H68IP/c1-5-9-11-13-15-17-19-21-23-25-27-29-31-34(33,7-3,8-4)32-30-28-26-24-22-20-18-16-14-12-10-6-2/h5-32H2,1-4H3. The van der Waals surface area contributed by atoms with Crippen molar-refractivity contribution in [3.8, 4) is 0 Å². The molecule has 0 nitrogen and oxygen atoms in total. The first-order chi connectivity index (χ1) is 16.5. The van der Waals surface area contributed by atoms with Gasteiger partial charge in [-0.25, -0.2) is 0 Å². The zero-order valence-corrected chi connectivity index (χ0v) is 27.7. The first-order valence-electron chi connectivity index (χ1n) is 16.3. The topological polar surface area (TPSA) is 0 Å². The maximum atomic E-state index is 3.05. The Morgan fingerprint density at radius 1 is 0.324 bits per heavy atom. The second-order valence-corrected chi connectivity index (χ2v) is 25.7. The molecule has 0 saturated heterocycles. The molecule has 0 atom stereocenters. The van der Waals surface area contributed by atoms with Crippen molar-refractivity contribution in [2.75, 3.05) is 24.6 Å². The van der Waals surface area contributed by atoms with E-state index in [4.69, 9.17) is 0 Å². The molecular weight excluding hydrogens is 542 g/mol. The summed E-state index contributed by atoms with van der Waals surface area (Å²) in [5, 5.41) is 0. The Morgan fingerprint density at radius 3 is 0.735 bits per heavy atom. The van der Waals surface area contributed by atoms with E-state index >= 15 is 0 Å². The minimum absolute atomic E-state index is 1.37. The summed E-state index contributed by atoms with van der Waals surface area (Å²) in [4.78, 5) is 0. The molecule has 0 amide bonds. The van der Waals surface area contributed by atoms with E-state index in [1.165, 1.54) is 166 Å². The van der Waals surface area contributed by atoms with E-state index in [-0.39, 0.29) is 0 Å². The van der Waals surface area contributed by atoms with E-state index < -0.39 is 4.25 Å². The van der Waals surface area contributed by atoms with Gasteiger partial charge in [-0.15, -0.1) is 0 Å². The van der Waals surface area contributed by atoms with Gasteiger partial charge in [-0.2, -0.15) is 0 Å². The van der Waals surface area contributed by atoms with Crippen molar-refractivity contribution in [2.45, 2.75) is 182 Å². The molecule has 0 N–H and O–H groups in total. The normalized spacial score (nSPS) is 13.3. The summed E-state index contributed by atoms with van der Waals surface area (Å²) in [6.07, 6.45) is 41.5. The van der Waals surface area contributed by atoms with Crippen molar-refractivity contribution in [1.82, 2.24) is 0 Å². The summed E-state index contributed by atoms with van der Waals surface area (Å²) in [5.74, 6) is 0. The number of halogens is 1. The quantitative estimate of drug-likeness (QED) is 0.0470. The van der Waals surface area contributed by atoms with Gasteiger partial charge in [0.05, 0.1) is 0 Å². The average molecular weight is 611 g/mol. The molecule has 0 heterocycles. The van der Waals surface area contributed by atoms with Crippen LogP contribution in [0.5, 0.6) is 0 Å². The van der Waals surface area contributed by atoms with E-state index in [1.54, 1.807) is 12.3 Å². The van der Waals surface area contributed by atoms with Crippen LogP contribution in [0.25, 0.3) is 0 Å². The Balaban J connectivity index is 3.76. The van der Waals surface area contributed by atoms with Crippen LogP contribution in [0.2, 0.25) is 0 Å². The third kappa shape index (κ3) is 20.2. The fourth-order valence-electron chi connectivity index (χ4n) is 5.66. The molecule has 0 saturated carbocycles. The summed E-state index contributed by atoms with van der Waals surface area (Å²) < 4.78 is -1.45. The van der Waals surface area contributed by atoms with E-state index in [0.717, 1.165) is 0 Å². The van der Waals surface area contributed by atoms with Crippen LogP contribution in [0.15, 0.2) is 0 Å². The monoisotopic (exact) mass is 610 g/mol. The molecule has 0 bridgehead atoms. The summed E-state index contributed by atoms with van der Waals surface area (Å²) in [6, 6.07) is 0. The van der Waals surface area contributed by atoms with Crippen molar-refractivity contribution < 1.29 is 0 Å². The number of hydrogen-bond acceptors (Lipinski definition) is 0. The van der Waals surface area contributed by atoms with Crippen LogP contribution < -0.4 is 0 Å². The van der Waals surface area contributed by atoms with Gasteiger partial charge in [-0.3, -0.25) is 0 Å². The molecule has 0 rings (SSSR count). The van der Waals surface area contributed by atoms with Crippen molar-refractivity contribution in [1.29, 1.82) is 0 Å². The van der Waals surface area contributed by atoms with Gasteiger partial charge in [0.25, 0.3) is 0 Å². The maximum absolute atomic E-state index is 3.05. The summed E-state index contributed by atoms with van der Waals surface area (Å²) >= 11 is 3.05. The molecule has 0 aromatic carbocycles. The smallest absolute Gasteiger partial charge is 0.0654 e. The Bertz CT molecular complexity index is 372. The number of rotatable bonds is 28. The van der Waals surface area contributed by atoms with Crippen LogP contribution in [-0.2, 0) is 0 Å². The third-order valence-corrected chi connectivity index (χ3v) is 21.7. The molecule has 34 heavy (non-hydrogen) atoms. The first kappa shape index (κ1) is 35.2. The molecule has 0 fully saturated rings. The van der Waals surface area contributed by atoms with Gasteiger partial charge < -0.3 is 0 Å². The zero-order chi connectivity index (χ0) is 25.2. The van der Waals surface area contributed by atoms with Gasteiger partial charge in [0, 0.05) is 0 Å². The van der Waals surface area contributed by atoms with Crippen LogP contribution in [-0.4, -0.2) is 24.6 Å². The second kappa shape index (κ2) is 24.5. The van der Waals surface area contributed by atoms with Gasteiger partial charge in [0.15, 0.2) is 0 Å². The predicted molar refractivity (Wildman–Crippen MR) is 174 cm³/mol. The minimum atomic E-state index is -1.45. The van der Waals surface area contributed by atoms with Crippen molar-refractivity contribution >= 4 is 26.3 Å². The molecule has 0 spiro atoms. The Morgan fingerprint density at radius 2 is 0.529 bits per heavy atom. The molecule has 0 aromatic rings. The first-order valence-corrected chi connectivity index (χ1v) is 22.0. The van der Waals surface area contributed by atoms with Gasteiger partial charge >= 0.3 is 206 Å². The van der Waals surface area contributed by atoms with Crippen LogP contribution >= 0.6 is 26.3 Å². The van der Waals surface area contributed by atoms with Crippen LogP contribution in [0, 0.1) is 0 Å².